The molecule has 0 fully saturated rings. The normalized spacial score (nSPS) is 19.4. The zero-order valence-corrected chi connectivity index (χ0v) is 11.8. The molecule has 1 heterocycles. The molecular formula is C17H19NO2. The summed E-state index contributed by atoms with van der Waals surface area (Å²) in [6.45, 7) is 4.94. The molecule has 0 bridgehead atoms. The van der Waals surface area contributed by atoms with Crippen molar-refractivity contribution >= 4 is 0 Å². The van der Waals surface area contributed by atoms with E-state index in [1.54, 1.807) is 12.1 Å². The smallest absolute Gasteiger partial charge is 0.125 e. The third-order valence-corrected chi connectivity index (χ3v) is 3.74. The van der Waals surface area contributed by atoms with Gasteiger partial charge in [-0.1, -0.05) is 30.3 Å². The van der Waals surface area contributed by atoms with E-state index in [2.05, 4.69) is 25.2 Å². The maximum absolute atomic E-state index is 9.31. The van der Waals surface area contributed by atoms with E-state index in [-0.39, 0.29) is 11.6 Å². The molecule has 1 aliphatic heterocycles. The van der Waals surface area contributed by atoms with Gasteiger partial charge in [-0.05, 0) is 37.6 Å². The number of phenolic OH excluding ortho intramolecular Hbond substituents is 1. The molecule has 1 atom stereocenters. The van der Waals surface area contributed by atoms with Crippen molar-refractivity contribution < 1.29 is 9.84 Å². The number of phenols is 1. The Balaban J connectivity index is 1.78. The van der Waals surface area contributed by atoms with E-state index < -0.39 is 0 Å². The Kier molecular flexibility index (Phi) is 3.14. The monoisotopic (exact) mass is 269 g/mol. The Morgan fingerprint density at radius 3 is 2.55 bits per heavy atom. The van der Waals surface area contributed by atoms with E-state index in [1.807, 2.05) is 30.3 Å². The summed E-state index contributed by atoms with van der Waals surface area (Å²) in [6, 6.07) is 15.6. The van der Waals surface area contributed by atoms with Crippen molar-refractivity contribution in [1.82, 2.24) is 5.32 Å². The first-order valence-corrected chi connectivity index (χ1v) is 6.85. The van der Waals surface area contributed by atoms with Crippen molar-refractivity contribution in [2.45, 2.75) is 32.0 Å². The Morgan fingerprint density at radius 1 is 1.10 bits per heavy atom. The zero-order valence-electron chi connectivity index (χ0n) is 11.8. The number of rotatable bonds is 3. The summed E-state index contributed by atoms with van der Waals surface area (Å²) in [5.41, 5.74) is 2.08. The molecule has 3 nitrogen and oxygen atoms in total. The topological polar surface area (TPSA) is 41.5 Å². The van der Waals surface area contributed by atoms with Crippen LogP contribution < -0.4 is 10.1 Å². The molecule has 104 valence electrons. The second-order valence-corrected chi connectivity index (χ2v) is 5.72. The molecule has 2 N–H and O–H groups in total. The highest BCUT2D eigenvalue weighted by Crippen LogP contribution is 2.42. The van der Waals surface area contributed by atoms with Gasteiger partial charge in [0, 0.05) is 12.1 Å². The molecule has 0 aromatic heterocycles. The first-order valence-electron chi connectivity index (χ1n) is 6.85. The fourth-order valence-corrected chi connectivity index (χ4v) is 2.72. The Bertz CT molecular complexity index is 605. The van der Waals surface area contributed by atoms with Crippen LogP contribution in [-0.4, -0.2) is 10.7 Å². The highest BCUT2D eigenvalue weighted by atomic mass is 16.5. The summed E-state index contributed by atoms with van der Waals surface area (Å²) >= 11 is 0. The lowest BCUT2D eigenvalue weighted by Crippen LogP contribution is -2.38. The third-order valence-electron chi connectivity index (χ3n) is 3.74. The Hall–Kier alpha value is -2.00. The lowest BCUT2D eigenvalue weighted by molar-refractivity contribution is 0.0958. The quantitative estimate of drug-likeness (QED) is 0.897. The average Bonchev–Trinajstić information content (AvgIpc) is 2.68. The molecule has 1 aliphatic rings. The Morgan fingerprint density at radius 2 is 1.80 bits per heavy atom. The Labute approximate surface area is 119 Å². The van der Waals surface area contributed by atoms with Gasteiger partial charge in [-0.25, -0.2) is 0 Å². The second kappa shape index (κ2) is 4.84. The summed E-state index contributed by atoms with van der Waals surface area (Å²) in [5.74, 6) is 1.25. The van der Waals surface area contributed by atoms with Crippen LogP contribution >= 0.6 is 0 Å². The number of hydrogen-bond acceptors (Lipinski definition) is 3. The first-order chi connectivity index (χ1) is 9.56. The van der Waals surface area contributed by atoms with Gasteiger partial charge in [-0.15, -0.1) is 0 Å². The number of benzene rings is 2. The molecule has 20 heavy (non-hydrogen) atoms. The van der Waals surface area contributed by atoms with Gasteiger partial charge in [0.2, 0.25) is 0 Å². The second-order valence-electron chi connectivity index (χ2n) is 5.72. The van der Waals surface area contributed by atoms with Crippen molar-refractivity contribution in [3.05, 3.63) is 59.7 Å². The van der Waals surface area contributed by atoms with E-state index in [0.29, 0.717) is 5.75 Å². The number of para-hydroxylation sites is 1. The van der Waals surface area contributed by atoms with E-state index in [1.165, 1.54) is 5.56 Å². The summed E-state index contributed by atoms with van der Waals surface area (Å²) < 4.78 is 6.01. The minimum atomic E-state index is -0.263. The number of ether oxygens (including phenoxy) is 1. The highest BCUT2D eigenvalue weighted by Gasteiger charge is 2.40. The largest absolute Gasteiger partial charge is 0.508 e. The molecule has 0 saturated heterocycles. The predicted molar refractivity (Wildman–Crippen MR) is 78.8 cm³/mol. The molecule has 2 aromatic rings. The molecule has 3 rings (SSSR count). The third kappa shape index (κ3) is 2.37. The SMILES string of the molecule is CC1(C)Oc2ccccc2C1NCc1ccc(O)cc1. The first kappa shape index (κ1) is 13.0. The summed E-state index contributed by atoms with van der Waals surface area (Å²) in [7, 11) is 0. The summed E-state index contributed by atoms with van der Waals surface area (Å²) in [5, 5.41) is 12.9. The van der Waals surface area contributed by atoms with Gasteiger partial charge in [0.15, 0.2) is 0 Å². The van der Waals surface area contributed by atoms with Gasteiger partial charge in [0.05, 0.1) is 6.04 Å². The molecule has 3 heteroatoms. The fourth-order valence-electron chi connectivity index (χ4n) is 2.72. The lowest BCUT2D eigenvalue weighted by Gasteiger charge is -2.27. The van der Waals surface area contributed by atoms with Gasteiger partial charge in [0.1, 0.15) is 17.1 Å². The molecule has 1 unspecified atom stereocenters. The highest BCUT2D eigenvalue weighted by molar-refractivity contribution is 5.42. The van der Waals surface area contributed by atoms with Crippen molar-refractivity contribution in [1.29, 1.82) is 0 Å². The molecule has 0 radical (unpaired) electrons. The molecule has 2 aromatic carbocycles. The van der Waals surface area contributed by atoms with Crippen molar-refractivity contribution in [2.75, 3.05) is 0 Å². The number of aromatic hydroxyl groups is 1. The van der Waals surface area contributed by atoms with Crippen molar-refractivity contribution in [3.8, 4) is 11.5 Å². The average molecular weight is 269 g/mol. The van der Waals surface area contributed by atoms with Gasteiger partial charge in [-0.2, -0.15) is 0 Å². The number of hydrogen-bond donors (Lipinski definition) is 2. The molecule has 0 aliphatic carbocycles. The van der Waals surface area contributed by atoms with Crippen molar-refractivity contribution in [3.63, 3.8) is 0 Å². The van der Waals surface area contributed by atoms with Gasteiger partial charge < -0.3 is 15.2 Å². The van der Waals surface area contributed by atoms with Crippen LogP contribution in [0, 0.1) is 0 Å². The van der Waals surface area contributed by atoms with E-state index in [4.69, 9.17) is 4.74 Å². The van der Waals surface area contributed by atoms with Crippen LogP contribution in [0.15, 0.2) is 48.5 Å². The predicted octanol–water partition coefficient (Wildman–Crippen LogP) is 3.39. The summed E-state index contributed by atoms with van der Waals surface area (Å²) in [4.78, 5) is 0. The van der Waals surface area contributed by atoms with Crippen LogP contribution in [0.4, 0.5) is 0 Å². The van der Waals surface area contributed by atoms with Crippen molar-refractivity contribution in [2.24, 2.45) is 0 Å². The van der Waals surface area contributed by atoms with Crippen LogP contribution in [0.2, 0.25) is 0 Å². The van der Waals surface area contributed by atoms with Crippen LogP contribution in [0.1, 0.15) is 31.0 Å². The van der Waals surface area contributed by atoms with E-state index in [0.717, 1.165) is 17.9 Å². The van der Waals surface area contributed by atoms with E-state index >= 15 is 0 Å². The molecule has 0 saturated carbocycles. The van der Waals surface area contributed by atoms with Crippen LogP contribution in [0.5, 0.6) is 11.5 Å². The molecular weight excluding hydrogens is 250 g/mol. The van der Waals surface area contributed by atoms with Crippen LogP contribution in [0.25, 0.3) is 0 Å². The molecule has 0 amide bonds. The standard InChI is InChI=1S/C17H19NO2/c1-17(2)16(14-5-3-4-6-15(14)20-17)18-11-12-7-9-13(19)10-8-12/h3-10,16,18-19H,11H2,1-2H3. The number of fused-ring (bicyclic) bond motifs is 1. The van der Waals surface area contributed by atoms with Gasteiger partial charge in [0.25, 0.3) is 0 Å². The molecule has 0 spiro atoms. The van der Waals surface area contributed by atoms with E-state index in [9.17, 15) is 5.11 Å². The maximum Gasteiger partial charge on any atom is 0.125 e. The minimum absolute atomic E-state index is 0.160. The van der Waals surface area contributed by atoms with Gasteiger partial charge in [-0.3, -0.25) is 0 Å². The number of nitrogens with one attached hydrogen (secondary N) is 1. The summed E-state index contributed by atoms with van der Waals surface area (Å²) in [6.07, 6.45) is 0. The lowest BCUT2D eigenvalue weighted by atomic mass is 9.94. The van der Waals surface area contributed by atoms with Crippen LogP contribution in [-0.2, 0) is 6.54 Å². The minimum Gasteiger partial charge on any atom is -0.508 e. The van der Waals surface area contributed by atoms with Gasteiger partial charge >= 0.3 is 0 Å². The van der Waals surface area contributed by atoms with Crippen LogP contribution in [0.3, 0.4) is 0 Å². The maximum atomic E-state index is 9.31. The zero-order chi connectivity index (χ0) is 14.2. The fraction of sp³-hybridized carbons (Fsp3) is 0.294.